The van der Waals surface area contributed by atoms with E-state index in [2.05, 4.69) is 10.3 Å². The molecule has 0 aliphatic rings. The molecule has 94 valence electrons. The Hall–Kier alpha value is -1.29. The van der Waals surface area contributed by atoms with Crippen molar-refractivity contribution < 1.29 is 4.79 Å². The first kappa shape index (κ1) is 13.8. The number of nitrogens with zero attached hydrogens (tertiary/aromatic N) is 2. The molecule has 0 fully saturated rings. The molecule has 0 bridgehead atoms. The van der Waals surface area contributed by atoms with Gasteiger partial charge in [0.1, 0.15) is 0 Å². The molecule has 0 saturated heterocycles. The van der Waals surface area contributed by atoms with Crippen LogP contribution in [-0.4, -0.2) is 35.4 Å². The van der Waals surface area contributed by atoms with Gasteiger partial charge in [-0.1, -0.05) is 11.6 Å². The van der Waals surface area contributed by atoms with Gasteiger partial charge < -0.3 is 10.2 Å². The molecule has 0 aliphatic heterocycles. The van der Waals surface area contributed by atoms with Crippen molar-refractivity contribution in [2.24, 2.45) is 0 Å². The van der Waals surface area contributed by atoms with E-state index >= 15 is 0 Å². The summed E-state index contributed by atoms with van der Waals surface area (Å²) in [5.41, 5.74) is 0.814. The summed E-state index contributed by atoms with van der Waals surface area (Å²) in [6, 6.07) is 1.80. The number of hydrogen-bond donors (Lipinski definition) is 1. The van der Waals surface area contributed by atoms with Gasteiger partial charge in [-0.3, -0.25) is 9.78 Å². The topological polar surface area (TPSA) is 45.2 Å². The molecule has 1 aromatic heterocycles. The standard InChI is InChI=1S/C12H18ClN3O/c1-3-16(4-2)12(17)6-8-15-11-5-7-14-9-10(11)13/h5,7,9H,3-4,6,8H2,1-2H3,(H,14,15). The third-order valence-electron chi connectivity index (χ3n) is 2.54. The van der Waals surface area contributed by atoms with Crippen molar-refractivity contribution in [3.8, 4) is 0 Å². The Bertz CT molecular complexity index is 367. The van der Waals surface area contributed by atoms with Gasteiger partial charge in [-0.25, -0.2) is 0 Å². The van der Waals surface area contributed by atoms with Crippen LogP contribution < -0.4 is 5.32 Å². The highest BCUT2D eigenvalue weighted by Gasteiger charge is 2.08. The van der Waals surface area contributed by atoms with E-state index in [1.54, 1.807) is 18.5 Å². The monoisotopic (exact) mass is 255 g/mol. The normalized spacial score (nSPS) is 10.1. The van der Waals surface area contributed by atoms with Gasteiger partial charge in [-0.15, -0.1) is 0 Å². The van der Waals surface area contributed by atoms with E-state index < -0.39 is 0 Å². The predicted octanol–water partition coefficient (Wildman–Crippen LogP) is 2.41. The zero-order chi connectivity index (χ0) is 12.7. The lowest BCUT2D eigenvalue weighted by molar-refractivity contribution is -0.130. The van der Waals surface area contributed by atoms with Crippen molar-refractivity contribution in [2.45, 2.75) is 20.3 Å². The molecule has 1 rings (SSSR count). The van der Waals surface area contributed by atoms with Crippen LogP contribution in [0.15, 0.2) is 18.5 Å². The first-order valence-corrected chi connectivity index (χ1v) is 6.18. The number of pyridine rings is 1. The molecule has 5 heteroatoms. The van der Waals surface area contributed by atoms with Crippen LogP contribution in [0, 0.1) is 0 Å². The van der Waals surface area contributed by atoms with Crippen molar-refractivity contribution in [1.29, 1.82) is 0 Å². The fourth-order valence-corrected chi connectivity index (χ4v) is 1.74. The number of aromatic nitrogens is 1. The summed E-state index contributed by atoms with van der Waals surface area (Å²) in [6.45, 7) is 6.05. The molecule has 0 radical (unpaired) electrons. The first-order chi connectivity index (χ1) is 8.19. The molecule has 0 aromatic carbocycles. The molecule has 1 aromatic rings. The van der Waals surface area contributed by atoms with Crippen LogP contribution in [0.25, 0.3) is 0 Å². The minimum absolute atomic E-state index is 0.160. The maximum absolute atomic E-state index is 11.7. The molecule has 0 aliphatic carbocycles. The van der Waals surface area contributed by atoms with E-state index in [0.717, 1.165) is 18.8 Å². The minimum atomic E-state index is 0.160. The van der Waals surface area contributed by atoms with Crippen molar-refractivity contribution in [3.63, 3.8) is 0 Å². The summed E-state index contributed by atoms with van der Waals surface area (Å²) < 4.78 is 0. The Kier molecular flexibility index (Phi) is 5.77. The van der Waals surface area contributed by atoms with E-state index in [1.807, 2.05) is 18.7 Å². The number of rotatable bonds is 6. The van der Waals surface area contributed by atoms with Crippen molar-refractivity contribution in [3.05, 3.63) is 23.5 Å². The van der Waals surface area contributed by atoms with Crippen molar-refractivity contribution in [1.82, 2.24) is 9.88 Å². The molecule has 0 saturated carbocycles. The number of nitrogens with one attached hydrogen (secondary N) is 1. The molecule has 17 heavy (non-hydrogen) atoms. The van der Waals surface area contributed by atoms with Crippen molar-refractivity contribution in [2.75, 3.05) is 25.0 Å². The van der Waals surface area contributed by atoms with E-state index in [4.69, 9.17) is 11.6 Å². The fraction of sp³-hybridized carbons (Fsp3) is 0.500. The van der Waals surface area contributed by atoms with Gasteiger partial charge in [0.05, 0.1) is 10.7 Å². The van der Waals surface area contributed by atoms with Crippen LogP contribution in [0.3, 0.4) is 0 Å². The SMILES string of the molecule is CCN(CC)C(=O)CCNc1ccncc1Cl. The molecule has 4 nitrogen and oxygen atoms in total. The van der Waals surface area contributed by atoms with Gasteiger partial charge in [0.2, 0.25) is 5.91 Å². The smallest absolute Gasteiger partial charge is 0.224 e. The molecule has 0 unspecified atom stereocenters. The summed E-state index contributed by atoms with van der Waals surface area (Å²) in [5, 5.41) is 3.70. The Morgan fingerprint density at radius 3 is 2.76 bits per heavy atom. The molecule has 1 amide bonds. The minimum Gasteiger partial charge on any atom is -0.383 e. The Morgan fingerprint density at radius 2 is 2.18 bits per heavy atom. The van der Waals surface area contributed by atoms with Gasteiger partial charge >= 0.3 is 0 Å². The second-order valence-electron chi connectivity index (χ2n) is 3.60. The Balaban J connectivity index is 2.38. The van der Waals surface area contributed by atoms with Crippen LogP contribution in [0.5, 0.6) is 0 Å². The highest BCUT2D eigenvalue weighted by molar-refractivity contribution is 6.33. The largest absolute Gasteiger partial charge is 0.383 e. The second-order valence-corrected chi connectivity index (χ2v) is 4.01. The van der Waals surface area contributed by atoms with Crippen LogP contribution >= 0.6 is 11.6 Å². The number of amides is 1. The molecule has 0 atom stereocenters. The highest BCUT2D eigenvalue weighted by atomic mass is 35.5. The second kappa shape index (κ2) is 7.12. The van der Waals surface area contributed by atoms with Crippen LogP contribution in [0.4, 0.5) is 5.69 Å². The lowest BCUT2D eigenvalue weighted by Gasteiger charge is -2.18. The zero-order valence-corrected chi connectivity index (χ0v) is 11.0. The lowest BCUT2D eigenvalue weighted by atomic mass is 10.3. The van der Waals surface area contributed by atoms with E-state index in [1.165, 1.54) is 0 Å². The number of carbonyl (C=O) groups is 1. The quantitative estimate of drug-likeness (QED) is 0.849. The summed E-state index contributed by atoms with van der Waals surface area (Å²) in [7, 11) is 0. The van der Waals surface area contributed by atoms with Crippen molar-refractivity contribution >= 4 is 23.2 Å². The van der Waals surface area contributed by atoms with Gasteiger partial charge in [-0.2, -0.15) is 0 Å². The maximum Gasteiger partial charge on any atom is 0.224 e. The molecular formula is C12H18ClN3O. The summed E-state index contributed by atoms with van der Waals surface area (Å²) in [4.78, 5) is 17.4. The number of carbonyl (C=O) groups excluding carboxylic acids is 1. The van der Waals surface area contributed by atoms with Gasteiger partial charge in [0.25, 0.3) is 0 Å². The van der Waals surface area contributed by atoms with Gasteiger partial charge in [-0.05, 0) is 19.9 Å². The summed E-state index contributed by atoms with van der Waals surface area (Å²) in [5.74, 6) is 0.160. The van der Waals surface area contributed by atoms with E-state index in [9.17, 15) is 4.79 Å². The average molecular weight is 256 g/mol. The lowest BCUT2D eigenvalue weighted by Crippen LogP contribution is -2.31. The van der Waals surface area contributed by atoms with E-state index in [0.29, 0.717) is 18.0 Å². The molecule has 1 N–H and O–H groups in total. The van der Waals surface area contributed by atoms with E-state index in [-0.39, 0.29) is 5.91 Å². The Morgan fingerprint density at radius 1 is 1.47 bits per heavy atom. The molecule has 0 spiro atoms. The van der Waals surface area contributed by atoms with Crippen LogP contribution in [0.2, 0.25) is 5.02 Å². The van der Waals surface area contributed by atoms with Crippen LogP contribution in [0.1, 0.15) is 20.3 Å². The maximum atomic E-state index is 11.7. The third kappa shape index (κ3) is 4.23. The number of anilines is 1. The van der Waals surface area contributed by atoms with Gasteiger partial charge in [0, 0.05) is 38.4 Å². The molecular weight excluding hydrogens is 238 g/mol. The summed E-state index contributed by atoms with van der Waals surface area (Å²) in [6.07, 6.45) is 3.72. The number of halogens is 1. The summed E-state index contributed by atoms with van der Waals surface area (Å²) >= 11 is 5.94. The highest BCUT2D eigenvalue weighted by Crippen LogP contribution is 2.18. The third-order valence-corrected chi connectivity index (χ3v) is 2.84. The first-order valence-electron chi connectivity index (χ1n) is 5.80. The zero-order valence-electron chi connectivity index (χ0n) is 10.2. The van der Waals surface area contributed by atoms with Crippen LogP contribution in [-0.2, 0) is 4.79 Å². The fourth-order valence-electron chi connectivity index (χ4n) is 1.56. The average Bonchev–Trinajstić information content (AvgIpc) is 2.33. The Labute approximate surface area is 107 Å². The number of hydrogen-bond acceptors (Lipinski definition) is 3. The molecule has 1 heterocycles. The predicted molar refractivity (Wildman–Crippen MR) is 70.3 cm³/mol. The van der Waals surface area contributed by atoms with Gasteiger partial charge in [0.15, 0.2) is 0 Å².